The summed E-state index contributed by atoms with van der Waals surface area (Å²) in [5.41, 5.74) is 0. The summed E-state index contributed by atoms with van der Waals surface area (Å²) in [5.74, 6) is 0.782. The van der Waals surface area contributed by atoms with Gasteiger partial charge >= 0.3 is 0 Å². The van der Waals surface area contributed by atoms with Gasteiger partial charge in [-0.1, -0.05) is 0 Å². The lowest BCUT2D eigenvalue weighted by molar-refractivity contribution is 0.120. The molecule has 1 aromatic rings. The highest BCUT2D eigenvalue weighted by atomic mass is 32.2. The molecule has 3 nitrogen and oxygen atoms in total. The molecular weight excluding hydrogens is 236 g/mol. The molecule has 2 fully saturated rings. The highest BCUT2D eigenvalue weighted by Crippen LogP contribution is 2.34. The van der Waals surface area contributed by atoms with Crippen molar-refractivity contribution in [2.24, 2.45) is 0 Å². The number of ether oxygens (including phenoxy) is 1. The van der Waals surface area contributed by atoms with Gasteiger partial charge in [0.15, 0.2) is 9.84 Å². The van der Waals surface area contributed by atoms with Crippen LogP contribution in [0.2, 0.25) is 0 Å². The second-order valence-corrected chi connectivity index (χ2v) is 7.11. The monoisotopic (exact) mass is 252 g/mol. The molecule has 0 bridgehead atoms. The van der Waals surface area contributed by atoms with Gasteiger partial charge in [-0.2, -0.15) is 0 Å². The van der Waals surface area contributed by atoms with Crippen LogP contribution < -0.4 is 4.74 Å². The molecule has 3 rings (SSSR count). The maximum absolute atomic E-state index is 12.0. The lowest BCUT2D eigenvalue weighted by atomic mass is 9.96. The molecular formula is C13H16O3S. The van der Waals surface area contributed by atoms with Crippen molar-refractivity contribution in [3.8, 4) is 5.75 Å². The number of sulfone groups is 1. The van der Waals surface area contributed by atoms with Gasteiger partial charge in [0.25, 0.3) is 0 Å². The molecule has 0 unspecified atom stereocenters. The average Bonchev–Trinajstić information content (AvgIpc) is 3.08. The zero-order valence-corrected chi connectivity index (χ0v) is 10.4. The molecule has 2 aliphatic carbocycles. The minimum absolute atomic E-state index is 0.138. The lowest BCUT2D eigenvalue weighted by Crippen LogP contribution is -2.24. The molecule has 1 aromatic carbocycles. The van der Waals surface area contributed by atoms with Crippen LogP contribution in [0.1, 0.15) is 32.1 Å². The van der Waals surface area contributed by atoms with Crippen molar-refractivity contribution in [1.29, 1.82) is 0 Å². The van der Waals surface area contributed by atoms with Gasteiger partial charge in [-0.3, -0.25) is 0 Å². The summed E-state index contributed by atoms with van der Waals surface area (Å²) in [6.45, 7) is 0. The molecule has 0 amide bonds. The summed E-state index contributed by atoms with van der Waals surface area (Å²) in [6, 6.07) is 6.88. The summed E-state index contributed by atoms with van der Waals surface area (Å²) in [5, 5.41) is -0.138. The molecule has 0 atom stereocenters. The second-order valence-electron chi connectivity index (χ2n) is 4.89. The predicted molar refractivity (Wildman–Crippen MR) is 64.9 cm³/mol. The summed E-state index contributed by atoms with van der Waals surface area (Å²) in [4.78, 5) is 0.431. The third kappa shape index (κ3) is 2.18. The van der Waals surface area contributed by atoms with Crippen molar-refractivity contribution >= 4 is 9.84 Å². The van der Waals surface area contributed by atoms with Crippen molar-refractivity contribution in [3.05, 3.63) is 24.3 Å². The van der Waals surface area contributed by atoms with Crippen LogP contribution in [-0.2, 0) is 9.84 Å². The molecule has 0 saturated heterocycles. The Morgan fingerprint density at radius 1 is 1.00 bits per heavy atom. The zero-order chi connectivity index (χ0) is 11.9. The second kappa shape index (κ2) is 4.02. The van der Waals surface area contributed by atoms with Crippen LogP contribution in [0, 0.1) is 0 Å². The Bertz CT molecular complexity index is 496. The molecule has 0 N–H and O–H groups in total. The van der Waals surface area contributed by atoms with E-state index < -0.39 is 9.84 Å². The van der Waals surface area contributed by atoms with Crippen molar-refractivity contribution in [2.75, 3.05) is 0 Å². The smallest absolute Gasteiger partial charge is 0.181 e. The van der Waals surface area contributed by atoms with Crippen LogP contribution in [-0.4, -0.2) is 19.8 Å². The number of hydrogen-bond donors (Lipinski definition) is 0. The molecule has 0 spiro atoms. The summed E-state index contributed by atoms with van der Waals surface area (Å²) < 4.78 is 29.6. The normalized spacial score (nSPS) is 20.9. The molecule has 2 saturated carbocycles. The van der Waals surface area contributed by atoms with Gasteiger partial charge in [0.1, 0.15) is 5.75 Å². The number of benzene rings is 1. The van der Waals surface area contributed by atoms with Crippen LogP contribution in [0.15, 0.2) is 29.2 Å². The van der Waals surface area contributed by atoms with Gasteiger partial charge in [-0.15, -0.1) is 0 Å². The first-order valence-electron chi connectivity index (χ1n) is 6.17. The van der Waals surface area contributed by atoms with Crippen LogP contribution in [0.4, 0.5) is 0 Å². The maximum atomic E-state index is 12.0. The van der Waals surface area contributed by atoms with E-state index in [1.807, 2.05) is 0 Å². The summed E-state index contributed by atoms with van der Waals surface area (Å²) in [7, 11) is -3.06. The van der Waals surface area contributed by atoms with Crippen LogP contribution in [0.3, 0.4) is 0 Å². The summed E-state index contributed by atoms with van der Waals surface area (Å²) in [6.07, 6.45) is 5.41. The fraction of sp³-hybridized carbons (Fsp3) is 0.538. The maximum Gasteiger partial charge on any atom is 0.181 e. The molecule has 0 radical (unpaired) electrons. The molecule has 4 heteroatoms. The Balaban J connectivity index is 1.75. The molecule has 0 aliphatic heterocycles. The first kappa shape index (κ1) is 11.1. The molecule has 92 valence electrons. The van der Waals surface area contributed by atoms with Gasteiger partial charge in [-0.05, 0) is 56.4 Å². The lowest BCUT2D eigenvalue weighted by Gasteiger charge is -2.26. The SMILES string of the molecule is O=S(=O)(c1ccc(OC2CCC2)cc1)C1CC1. The van der Waals surface area contributed by atoms with Crippen molar-refractivity contribution in [2.45, 2.75) is 48.4 Å². The fourth-order valence-corrected chi connectivity index (χ4v) is 3.62. The van der Waals surface area contributed by atoms with Gasteiger partial charge in [0, 0.05) is 0 Å². The third-order valence-corrected chi connectivity index (χ3v) is 5.75. The van der Waals surface area contributed by atoms with E-state index in [0.29, 0.717) is 11.0 Å². The fourth-order valence-electron chi connectivity index (χ4n) is 1.96. The van der Waals surface area contributed by atoms with Gasteiger partial charge < -0.3 is 4.74 Å². The van der Waals surface area contributed by atoms with Crippen LogP contribution in [0.25, 0.3) is 0 Å². The van der Waals surface area contributed by atoms with E-state index in [1.54, 1.807) is 24.3 Å². The highest BCUT2D eigenvalue weighted by molar-refractivity contribution is 7.92. The first-order valence-corrected chi connectivity index (χ1v) is 7.71. The first-order chi connectivity index (χ1) is 8.16. The van der Waals surface area contributed by atoms with Crippen molar-refractivity contribution in [3.63, 3.8) is 0 Å². The predicted octanol–water partition coefficient (Wildman–Crippen LogP) is 2.55. The molecule has 0 aromatic heterocycles. The Kier molecular flexibility index (Phi) is 2.62. The van der Waals surface area contributed by atoms with E-state index in [-0.39, 0.29) is 5.25 Å². The molecule has 2 aliphatic rings. The van der Waals surface area contributed by atoms with Crippen molar-refractivity contribution < 1.29 is 13.2 Å². The Morgan fingerprint density at radius 2 is 1.65 bits per heavy atom. The Hall–Kier alpha value is -1.03. The van der Waals surface area contributed by atoms with E-state index in [4.69, 9.17) is 4.74 Å². The quantitative estimate of drug-likeness (QED) is 0.827. The Labute approximate surface area is 102 Å². The number of rotatable bonds is 4. The largest absolute Gasteiger partial charge is 0.490 e. The number of hydrogen-bond acceptors (Lipinski definition) is 3. The zero-order valence-electron chi connectivity index (χ0n) is 9.63. The van der Waals surface area contributed by atoms with E-state index in [9.17, 15) is 8.42 Å². The molecule has 17 heavy (non-hydrogen) atoms. The highest BCUT2D eigenvalue weighted by Gasteiger charge is 2.36. The van der Waals surface area contributed by atoms with Crippen LogP contribution >= 0.6 is 0 Å². The minimum atomic E-state index is -3.06. The van der Waals surface area contributed by atoms with Gasteiger partial charge in [0.05, 0.1) is 16.2 Å². The average molecular weight is 252 g/mol. The topological polar surface area (TPSA) is 43.4 Å². The van der Waals surface area contributed by atoms with Crippen molar-refractivity contribution in [1.82, 2.24) is 0 Å². The van der Waals surface area contributed by atoms with E-state index >= 15 is 0 Å². The molecule has 0 heterocycles. The summed E-state index contributed by atoms with van der Waals surface area (Å²) >= 11 is 0. The van der Waals surface area contributed by atoms with Crippen LogP contribution in [0.5, 0.6) is 5.75 Å². The van der Waals surface area contributed by atoms with E-state index in [1.165, 1.54) is 6.42 Å². The Morgan fingerprint density at radius 3 is 2.12 bits per heavy atom. The van der Waals surface area contributed by atoms with Gasteiger partial charge in [-0.25, -0.2) is 8.42 Å². The third-order valence-electron chi connectivity index (χ3n) is 3.47. The van der Waals surface area contributed by atoms with Gasteiger partial charge in [0.2, 0.25) is 0 Å². The minimum Gasteiger partial charge on any atom is -0.490 e. The van der Waals surface area contributed by atoms with E-state index in [2.05, 4.69) is 0 Å². The standard InChI is InChI=1S/C13H16O3S/c14-17(15,13-8-9-13)12-6-4-11(5-7-12)16-10-2-1-3-10/h4-7,10,13H,1-3,8-9H2. The van der Waals surface area contributed by atoms with E-state index in [0.717, 1.165) is 31.4 Å².